The standard InChI is InChI=1S/C51H34N4/c1-51(2)42-29-33(22-25-37(42)38-26-23-34(30-43(38)51)36-17-11-13-31-12-3-4-14-35(31)36)32-24-27-47-41(28-32)39-15-6-9-20-46(39)54(47)50-53-44-18-7-5-16-40(44)49-52-45-19-8-10-21-48(45)55(49)50/h3-30H,1-2H3. The smallest absolute Gasteiger partial charge is 0.221 e. The van der Waals surface area contributed by atoms with Crippen molar-refractivity contribution >= 4 is 60.2 Å². The van der Waals surface area contributed by atoms with Crippen molar-refractivity contribution in [3.05, 3.63) is 181 Å². The van der Waals surface area contributed by atoms with Crippen molar-refractivity contribution < 1.29 is 0 Å². The Bertz CT molecular complexity index is 3410. The summed E-state index contributed by atoms with van der Waals surface area (Å²) in [5, 5.41) is 5.99. The third-order valence-electron chi connectivity index (χ3n) is 12.1. The molecule has 1 aliphatic carbocycles. The van der Waals surface area contributed by atoms with Crippen LogP contribution in [-0.2, 0) is 5.41 Å². The van der Waals surface area contributed by atoms with E-state index in [1.165, 1.54) is 66.1 Å². The lowest BCUT2D eigenvalue weighted by atomic mass is 9.80. The van der Waals surface area contributed by atoms with E-state index in [9.17, 15) is 0 Å². The predicted molar refractivity (Wildman–Crippen MR) is 228 cm³/mol. The maximum atomic E-state index is 5.35. The summed E-state index contributed by atoms with van der Waals surface area (Å²) >= 11 is 0. The predicted octanol–water partition coefficient (Wildman–Crippen LogP) is 12.9. The maximum absolute atomic E-state index is 5.35. The van der Waals surface area contributed by atoms with Crippen LogP contribution in [0.5, 0.6) is 0 Å². The molecule has 11 aromatic rings. The highest BCUT2D eigenvalue weighted by Crippen LogP contribution is 2.51. The minimum absolute atomic E-state index is 0.151. The monoisotopic (exact) mass is 702 g/mol. The highest BCUT2D eigenvalue weighted by atomic mass is 15.2. The molecule has 0 amide bonds. The first-order valence-electron chi connectivity index (χ1n) is 19.0. The Labute approximate surface area is 317 Å². The van der Waals surface area contributed by atoms with Crippen LogP contribution in [0.25, 0.3) is 99.5 Å². The van der Waals surface area contributed by atoms with E-state index in [1.54, 1.807) is 0 Å². The number of nitrogens with zero attached hydrogens (tertiary/aromatic N) is 4. The Morgan fingerprint density at radius 1 is 0.418 bits per heavy atom. The third-order valence-corrected chi connectivity index (χ3v) is 12.1. The number of fused-ring (bicyclic) bond motifs is 12. The molecule has 3 heterocycles. The Balaban J connectivity index is 1.02. The SMILES string of the molecule is CC1(C)c2cc(-c3ccc4c(c3)c3ccccc3n4-c3nc4ccccc4c4nc5ccccc5n34)ccc2-c2ccc(-c3cccc4ccccc34)cc21. The van der Waals surface area contributed by atoms with Gasteiger partial charge in [0.25, 0.3) is 0 Å². The molecule has 0 aliphatic heterocycles. The normalized spacial score (nSPS) is 13.4. The van der Waals surface area contributed by atoms with Crippen LogP contribution in [0.1, 0.15) is 25.0 Å². The van der Waals surface area contributed by atoms with Gasteiger partial charge in [0, 0.05) is 21.6 Å². The summed E-state index contributed by atoms with van der Waals surface area (Å²) in [6.07, 6.45) is 0. The third kappa shape index (κ3) is 4.22. The van der Waals surface area contributed by atoms with Gasteiger partial charge >= 0.3 is 0 Å². The van der Waals surface area contributed by atoms with Crippen molar-refractivity contribution in [2.24, 2.45) is 0 Å². The summed E-state index contributed by atoms with van der Waals surface area (Å²) in [5.74, 6) is 0.835. The summed E-state index contributed by atoms with van der Waals surface area (Å²) in [5.41, 5.74) is 16.3. The zero-order valence-electron chi connectivity index (χ0n) is 30.5. The largest absolute Gasteiger partial charge is 0.279 e. The van der Waals surface area contributed by atoms with Crippen LogP contribution < -0.4 is 0 Å². The molecule has 3 aromatic heterocycles. The van der Waals surface area contributed by atoms with Crippen molar-refractivity contribution in [3.63, 3.8) is 0 Å². The molecule has 0 bridgehead atoms. The van der Waals surface area contributed by atoms with Gasteiger partial charge in [-0.25, -0.2) is 9.97 Å². The summed E-state index contributed by atoms with van der Waals surface area (Å²) in [7, 11) is 0. The molecular formula is C51H34N4. The van der Waals surface area contributed by atoms with Crippen LogP contribution in [0.15, 0.2) is 170 Å². The van der Waals surface area contributed by atoms with E-state index in [4.69, 9.17) is 9.97 Å². The fraction of sp³-hybridized carbons (Fsp3) is 0.0588. The van der Waals surface area contributed by atoms with Gasteiger partial charge in [-0.2, -0.15) is 0 Å². The first-order valence-corrected chi connectivity index (χ1v) is 19.0. The molecule has 0 fully saturated rings. The van der Waals surface area contributed by atoms with Gasteiger partial charge in [0.1, 0.15) is 5.65 Å². The first kappa shape index (κ1) is 30.4. The number of aromatic nitrogens is 4. The minimum Gasteiger partial charge on any atom is -0.279 e. The summed E-state index contributed by atoms with van der Waals surface area (Å²) < 4.78 is 4.54. The van der Waals surface area contributed by atoms with Gasteiger partial charge in [-0.1, -0.05) is 129 Å². The molecule has 258 valence electrons. The molecule has 55 heavy (non-hydrogen) atoms. The van der Waals surface area contributed by atoms with Gasteiger partial charge in [-0.05, 0) is 110 Å². The molecule has 0 spiro atoms. The molecule has 1 aliphatic rings. The topological polar surface area (TPSA) is 35.1 Å². The van der Waals surface area contributed by atoms with Gasteiger partial charge < -0.3 is 0 Å². The fourth-order valence-corrected chi connectivity index (χ4v) is 9.41. The number of hydrogen-bond acceptors (Lipinski definition) is 2. The van der Waals surface area contributed by atoms with Crippen LogP contribution >= 0.6 is 0 Å². The zero-order valence-corrected chi connectivity index (χ0v) is 30.5. The Hall–Kier alpha value is -7.04. The average molecular weight is 703 g/mol. The molecule has 0 atom stereocenters. The second-order valence-electron chi connectivity index (χ2n) is 15.4. The molecule has 4 heteroatoms. The Kier molecular flexibility index (Phi) is 6.09. The first-order chi connectivity index (χ1) is 27.0. The molecule has 4 nitrogen and oxygen atoms in total. The molecule has 0 N–H and O–H groups in total. The second-order valence-corrected chi connectivity index (χ2v) is 15.4. The Morgan fingerprint density at radius 3 is 1.85 bits per heavy atom. The van der Waals surface area contributed by atoms with Crippen LogP contribution in [0, 0.1) is 0 Å². The van der Waals surface area contributed by atoms with Crippen molar-refractivity contribution in [2.75, 3.05) is 0 Å². The highest BCUT2D eigenvalue weighted by molar-refractivity contribution is 6.11. The average Bonchev–Trinajstić information content (AvgIpc) is 3.86. The fourth-order valence-electron chi connectivity index (χ4n) is 9.41. The summed E-state index contributed by atoms with van der Waals surface area (Å²) in [4.78, 5) is 10.5. The quantitative estimate of drug-likeness (QED) is 0.184. The summed E-state index contributed by atoms with van der Waals surface area (Å²) in [6, 6.07) is 61.7. The number of hydrogen-bond donors (Lipinski definition) is 0. The lowest BCUT2D eigenvalue weighted by molar-refractivity contribution is 0.661. The lowest BCUT2D eigenvalue weighted by Crippen LogP contribution is -2.15. The van der Waals surface area contributed by atoms with E-state index in [0.717, 1.165) is 44.6 Å². The number of benzene rings is 8. The number of para-hydroxylation sites is 4. The Morgan fingerprint density at radius 2 is 1.02 bits per heavy atom. The van der Waals surface area contributed by atoms with Gasteiger partial charge in [-0.15, -0.1) is 0 Å². The van der Waals surface area contributed by atoms with E-state index in [1.807, 2.05) is 6.07 Å². The van der Waals surface area contributed by atoms with Gasteiger partial charge in [0.15, 0.2) is 0 Å². The zero-order chi connectivity index (χ0) is 36.4. The highest BCUT2D eigenvalue weighted by Gasteiger charge is 2.36. The number of imidazole rings is 1. The van der Waals surface area contributed by atoms with Gasteiger partial charge in [0.2, 0.25) is 5.95 Å². The van der Waals surface area contributed by atoms with E-state index < -0.39 is 0 Å². The van der Waals surface area contributed by atoms with Crippen LogP contribution in [0.4, 0.5) is 0 Å². The van der Waals surface area contributed by atoms with E-state index in [2.05, 4.69) is 187 Å². The van der Waals surface area contributed by atoms with Crippen molar-refractivity contribution in [1.29, 1.82) is 0 Å². The molecule has 8 aromatic carbocycles. The van der Waals surface area contributed by atoms with Crippen molar-refractivity contribution in [2.45, 2.75) is 19.3 Å². The van der Waals surface area contributed by atoms with Crippen molar-refractivity contribution in [1.82, 2.24) is 18.9 Å². The molecule has 12 rings (SSSR count). The lowest BCUT2D eigenvalue weighted by Gasteiger charge is -2.23. The van der Waals surface area contributed by atoms with Gasteiger partial charge in [-0.3, -0.25) is 8.97 Å². The van der Waals surface area contributed by atoms with Crippen molar-refractivity contribution in [3.8, 4) is 39.3 Å². The van der Waals surface area contributed by atoms with E-state index in [-0.39, 0.29) is 5.41 Å². The maximum Gasteiger partial charge on any atom is 0.221 e. The molecule has 0 radical (unpaired) electrons. The van der Waals surface area contributed by atoms with E-state index in [0.29, 0.717) is 0 Å². The molecular weight excluding hydrogens is 669 g/mol. The van der Waals surface area contributed by atoms with Crippen LogP contribution in [0.3, 0.4) is 0 Å². The molecule has 0 unspecified atom stereocenters. The molecule has 0 saturated heterocycles. The number of rotatable bonds is 3. The van der Waals surface area contributed by atoms with Crippen LogP contribution in [-0.4, -0.2) is 18.9 Å². The minimum atomic E-state index is -0.151. The second kappa shape index (κ2) is 11.0. The molecule has 0 saturated carbocycles. The van der Waals surface area contributed by atoms with E-state index >= 15 is 0 Å². The van der Waals surface area contributed by atoms with Crippen LogP contribution in [0.2, 0.25) is 0 Å². The van der Waals surface area contributed by atoms with Gasteiger partial charge in [0.05, 0.1) is 27.6 Å². The summed E-state index contributed by atoms with van der Waals surface area (Å²) in [6.45, 7) is 4.75.